The molecule has 7 nitrogen and oxygen atoms in total. The van der Waals surface area contributed by atoms with Gasteiger partial charge in [-0.2, -0.15) is 0 Å². The number of carbonyl (C=O) groups is 3. The van der Waals surface area contributed by atoms with Gasteiger partial charge in [0.25, 0.3) is 11.8 Å². The number of imide groups is 1. The van der Waals surface area contributed by atoms with Crippen LogP contribution in [0.15, 0.2) is 18.2 Å². The molecule has 2 heterocycles. The minimum atomic E-state index is -1.29. The highest BCUT2D eigenvalue weighted by atomic mass is 35.5. The maximum Gasteiger partial charge on any atom is 0.322 e. The van der Waals surface area contributed by atoms with Crippen LogP contribution in [0.2, 0.25) is 10.0 Å². The third-order valence-corrected chi connectivity index (χ3v) is 4.89. The molecule has 0 aliphatic carbocycles. The lowest BCUT2D eigenvalue weighted by Crippen LogP contribution is -2.60. The summed E-state index contributed by atoms with van der Waals surface area (Å²) in [5, 5.41) is 15.9. The molecule has 2 fully saturated rings. The monoisotopic (exact) mass is 385 g/mol. The van der Waals surface area contributed by atoms with Gasteiger partial charge in [-0.05, 0) is 36.6 Å². The number of piperidine rings is 1. The Morgan fingerprint density at radius 1 is 1.28 bits per heavy atom. The summed E-state index contributed by atoms with van der Waals surface area (Å²) in [6.07, 6.45) is -0.227. The van der Waals surface area contributed by atoms with E-state index in [0.717, 1.165) is 0 Å². The molecule has 2 atom stereocenters. The van der Waals surface area contributed by atoms with E-state index in [1.807, 2.05) is 0 Å². The van der Waals surface area contributed by atoms with Gasteiger partial charge < -0.3 is 15.3 Å². The van der Waals surface area contributed by atoms with Gasteiger partial charge in [0.15, 0.2) is 0 Å². The number of urea groups is 1. The maximum absolute atomic E-state index is 12.6. The molecule has 4 amide bonds. The Hall–Kier alpha value is -1.83. The van der Waals surface area contributed by atoms with Crippen molar-refractivity contribution >= 4 is 41.0 Å². The summed E-state index contributed by atoms with van der Waals surface area (Å²) in [4.78, 5) is 37.4. The Balaban J connectivity index is 1.69. The van der Waals surface area contributed by atoms with Crippen molar-refractivity contribution in [3.8, 4) is 0 Å². The number of hydrogen-bond acceptors (Lipinski definition) is 4. The molecular weight excluding hydrogens is 369 g/mol. The van der Waals surface area contributed by atoms with Gasteiger partial charge in [-0.1, -0.05) is 23.2 Å². The number of benzene rings is 1. The molecule has 1 aromatic carbocycles. The van der Waals surface area contributed by atoms with Gasteiger partial charge in [-0.3, -0.25) is 14.9 Å². The number of likely N-dealkylation sites (tertiary alicyclic amines) is 1. The predicted molar refractivity (Wildman–Crippen MR) is 91.4 cm³/mol. The number of halogens is 2. The minimum absolute atomic E-state index is 0.0385. The molecule has 3 rings (SSSR count). The van der Waals surface area contributed by atoms with E-state index >= 15 is 0 Å². The van der Waals surface area contributed by atoms with Gasteiger partial charge in [0, 0.05) is 23.0 Å². The number of amides is 4. The summed E-state index contributed by atoms with van der Waals surface area (Å²) in [5.41, 5.74) is -0.471. The molecule has 2 aliphatic heterocycles. The number of aliphatic hydroxyl groups excluding tert-OH is 1. The zero-order valence-electron chi connectivity index (χ0n) is 13.2. The van der Waals surface area contributed by atoms with Crippen LogP contribution >= 0.6 is 23.2 Å². The molecule has 9 heteroatoms. The van der Waals surface area contributed by atoms with Gasteiger partial charge in [0.2, 0.25) is 0 Å². The van der Waals surface area contributed by atoms with Crippen LogP contribution in [0.3, 0.4) is 0 Å². The quantitative estimate of drug-likeness (QED) is 0.678. The van der Waals surface area contributed by atoms with Crippen LogP contribution in [-0.4, -0.2) is 52.6 Å². The second-order valence-corrected chi connectivity index (χ2v) is 7.22. The first-order valence-corrected chi connectivity index (χ1v) is 8.60. The fourth-order valence-corrected chi connectivity index (χ4v) is 3.88. The molecule has 0 bridgehead atoms. The van der Waals surface area contributed by atoms with Crippen molar-refractivity contribution in [2.45, 2.75) is 30.9 Å². The fraction of sp³-hybridized carbons (Fsp3) is 0.438. The second kappa shape index (κ2) is 6.82. The highest BCUT2D eigenvalue weighted by Crippen LogP contribution is 2.26. The van der Waals surface area contributed by atoms with E-state index < -0.39 is 29.5 Å². The smallest absolute Gasteiger partial charge is 0.322 e. The largest absolute Gasteiger partial charge is 0.383 e. The fourth-order valence-electron chi connectivity index (χ4n) is 3.31. The molecule has 1 aromatic rings. The van der Waals surface area contributed by atoms with Crippen molar-refractivity contribution in [1.29, 1.82) is 0 Å². The summed E-state index contributed by atoms with van der Waals surface area (Å²) < 4.78 is 0. The number of nitrogens with one attached hydrogen (secondary N) is 2. The highest BCUT2D eigenvalue weighted by molar-refractivity contribution is 6.34. The van der Waals surface area contributed by atoms with Crippen LogP contribution in [0.25, 0.3) is 0 Å². The Labute approximate surface area is 154 Å². The lowest BCUT2D eigenvalue weighted by Gasteiger charge is -2.38. The van der Waals surface area contributed by atoms with Crippen molar-refractivity contribution in [2.75, 3.05) is 13.1 Å². The van der Waals surface area contributed by atoms with Crippen LogP contribution in [0.4, 0.5) is 4.79 Å². The van der Waals surface area contributed by atoms with Crippen molar-refractivity contribution < 1.29 is 19.5 Å². The summed E-state index contributed by atoms with van der Waals surface area (Å²) in [6, 6.07) is 4.27. The molecular formula is C16H17Cl2N3O4. The zero-order valence-corrected chi connectivity index (χ0v) is 14.7. The van der Waals surface area contributed by atoms with Crippen LogP contribution < -0.4 is 10.6 Å². The number of rotatable bonds is 3. The van der Waals surface area contributed by atoms with Gasteiger partial charge >= 0.3 is 6.03 Å². The van der Waals surface area contributed by atoms with Gasteiger partial charge in [0.1, 0.15) is 11.6 Å². The first kappa shape index (κ1) is 18.0. The standard InChI is InChI=1S/C16H17Cl2N3O4/c17-10-4-9(5-11(18)7-10)6-12(22)13(23)21-3-1-2-16(8-21)14(24)19-15(25)20-16/h4-5,7,12,22H,1-3,6,8H2,(H2,19,20,24,25). The number of aliphatic hydroxyl groups is 1. The van der Waals surface area contributed by atoms with Gasteiger partial charge in [-0.15, -0.1) is 0 Å². The molecule has 2 aliphatic rings. The third kappa shape index (κ3) is 3.73. The van der Waals surface area contributed by atoms with Crippen LogP contribution in [0.5, 0.6) is 0 Å². The molecule has 1 spiro atoms. The van der Waals surface area contributed by atoms with E-state index in [9.17, 15) is 19.5 Å². The first-order valence-electron chi connectivity index (χ1n) is 7.84. The Bertz CT molecular complexity index is 722. The SMILES string of the molecule is O=C1NC(=O)C2(CCCN(C(=O)C(O)Cc3cc(Cl)cc(Cl)c3)C2)N1. The highest BCUT2D eigenvalue weighted by Gasteiger charge is 2.49. The molecule has 0 aromatic heterocycles. The average Bonchev–Trinajstić information content (AvgIpc) is 2.78. The van der Waals surface area contributed by atoms with E-state index in [4.69, 9.17) is 23.2 Å². The maximum atomic E-state index is 12.6. The van der Waals surface area contributed by atoms with Crippen molar-refractivity contribution in [3.05, 3.63) is 33.8 Å². The summed E-state index contributed by atoms with van der Waals surface area (Å²) >= 11 is 11.9. The minimum Gasteiger partial charge on any atom is -0.383 e. The van der Waals surface area contributed by atoms with Gasteiger partial charge in [0.05, 0.1) is 6.54 Å². The summed E-state index contributed by atoms with van der Waals surface area (Å²) in [5.74, 6) is -0.935. The summed E-state index contributed by atoms with van der Waals surface area (Å²) in [6.45, 7) is 0.452. The molecule has 0 radical (unpaired) electrons. The average molecular weight is 386 g/mol. The topological polar surface area (TPSA) is 98.7 Å². The Morgan fingerprint density at radius 2 is 1.96 bits per heavy atom. The Morgan fingerprint density at radius 3 is 2.56 bits per heavy atom. The normalized spacial score (nSPS) is 24.2. The van der Waals surface area contributed by atoms with Gasteiger partial charge in [-0.25, -0.2) is 4.79 Å². The van der Waals surface area contributed by atoms with E-state index in [1.165, 1.54) is 4.90 Å². The van der Waals surface area contributed by atoms with Crippen LogP contribution in [0, 0.1) is 0 Å². The molecule has 2 unspecified atom stereocenters. The first-order chi connectivity index (χ1) is 11.8. The molecule has 2 saturated heterocycles. The molecule has 0 saturated carbocycles. The zero-order chi connectivity index (χ0) is 18.2. The van der Waals surface area contributed by atoms with Crippen molar-refractivity contribution in [2.24, 2.45) is 0 Å². The predicted octanol–water partition coefficient (Wildman–Crippen LogP) is 1.10. The second-order valence-electron chi connectivity index (χ2n) is 6.35. The van der Waals surface area contributed by atoms with Crippen LogP contribution in [0.1, 0.15) is 18.4 Å². The number of nitrogens with zero attached hydrogens (tertiary/aromatic N) is 1. The van der Waals surface area contributed by atoms with E-state index in [2.05, 4.69) is 10.6 Å². The molecule has 134 valence electrons. The molecule has 3 N–H and O–H groups in total. The number of carbonyl (C=O) groups excluding carboxylic acids is 3. The Kier molecular flexibility index (Phi) is 4.90. The summed E-state index contributed by atoms with van der Waals surface area (Å²) in [7, 11) is 0. The third-order valence-electron chi connectivity index (χ3n) is 4.46. The van der Waals surface area contributed by atoms with E-state index in [1.54, 1.807) is 18.2 Å². The lowest BCUT2D eigenvalue weighted by molar-refractivity contribution is -0.143. The number of hydrogen-bond donors (Lipinski definition) is 3. The molecule has 25 heavy (non-hydrogen) atoms. The lowest BCUT2D eigenvalue weighted by atomic mass is 9.88. The van der Waals surface area contributed by atoms with Crippen LogP contribution in [-0.2, 0) is 16.0 Å². The van der Waals surface area contributed by atoms with E-state index in [0.29, 0.717) is 35.0 Å². The van der Waals surface area contributed by atoms with E-state index in [-0.39, 0.29) is 13.0 Å². The van der Waals surface area contributed by atoms with Crippen molar-refractivity contribution in [3.63, 3.8) is 0 Å². The van der Waals surface area contributed by atoms with Crippen molar-refractivity contribution in [1.82, 2.24) is 15.5 Å².